The number of benzene rings is 1. The van der Waals surface area contributed by atoms with Gasteiger partial charge in [-0.15, -0.1) is 11.8 Å². The van der Waals surface area contributed by atoms with Gasteiger partial charge in [-0.2, -0.15) is 4.99 Å². The molecule has 0 radical (unpaired) electrons. The van der Waals surface area contributed by atoms with Gasteiger partial charge >= 0.3 is 0 Å². The predicted molar refractivity (Wildman–Crippen MR) is 55.2 cm³/mol. The van der Waals surface area contributed by atoms with Crippen LogP contribution >= 0.6 is 11.8 Å². The van der Waals surface area contributed by atoms with Crippen molar-refractivity contribution in [3.8, 4) is 0 Å². The molecule has 0 aliphatic carbocycles. The number of isocyanates is 1. The number of hydrogen-bond donors (Lipinski definition) is 0. The third-order valence-corrected chi connectivity index (χ3v) is 2.70. The van der Waals surface area contributed by atoms with Gasteiger partial charge in [-0.25, -0.2) is 4.79 Å². The molecule has 1 rings (SSSR count). The van der Waals surface area contributed by atoms with Gasteiger partial charge in [0.25, 0.3) is 0 Å². The van der Waals surface area contributed by atoms with E-state index < -0.39 is 0 Å². The van der Waals surface area contributed by atoms with Crippen LogP contribution in [-0.2, 0) is 4.79 Å². The molecule has 0 heterocycles. The van der Waals surface area contributed by atoms with E-state index in [-0.39, 0.29) is 0 Å². The standard InChI is InChI=1S/C10H11NOS/c1-2-7-13-10-5-3-9(4-6-10)11-8-12/h3-6H,2,7H2,1H3. The topological polar surface area (TPSA) is 29.4 Å². The van der Waals surface area contributed by atoms with E-state index in [1.807, 2.05) is 36.0 Å². The molecule has 0 saturated heterocycles. The van der Waals surface area contributed by atoms with Crippen molar-refractivity contribution in [2.45, 2.75) is 18.2 Å². The van der Waals surface area contributed by atoms with Crippen molar-refractivity contribution >= 4 is 23.5 Å². The van der Waals surface area contributed by atoms with Gasteiger partial charge in [0.05, 0.1) is 5.69 Å². The lowest BCUT2D eigenvalue weighted by Gasteiger charge is -1.98. The Morgan fingerprint density at radius 1 is 1.38 bits per heavy atom. The highest BCUT2D eigenvalue weighted by atomic mass is 32.2. The van der Waals surface area contributed by atoms with Crippen molar-refractivity contribution in [3.05, 3.63) is 24.3 Å². The highest BCUT2D eigenvalue weighted by Gasteiger charge is 1.92. The first-order chi connectivity index (χ1) is 6.36. The van der Waals surface area contributed by atoms with Crippen molar-refractivity contribution in [1.82, 2.24) is 0 Å². The summed E-state index contributed by atoms with van der Waals surface area (Å²) in [6.45, 7) is 2.15. The summed E-state index contributed by atoms with van der Waals surface area (Å²) in [5, 5.41) is 0. The zero-order valence-electron chi connectivity index (χ0n) is 7.49. The fourth-order valence-corrected chi connectivity index (χ4v) is 1.66. The number of aliphatic imine (C=N–C) groups is 1. The molecule has 0 bridgehead atoms. The summed E-state index contributed by atoms with van der Waals surface area (Å²) in [7, 11) is 0. The SMILES string of the molecule is CCCSc1ccc(N=C=O)cc1. The van der Waals surface area contributed by atoms with Gasteiger partial charge in [0, 0.05) is 4.90 Å². The van der Waals surface area contributed by atoms with Gasteiger partial charge in [0.15, 0.2) is 0 Å². The fraction of sp³-hybridized carbons (Fsp3) is 0.300. The lowest BCUT2D eigenvalue weighted by Crippen LogP contribution is -1.74. The number of thioether (sulfide) groups is 1. The second-order valence-electron chi connectivity index (χ2n) is 2.55. The smallest absolute Gasteiger partial charge is 0.211 e. The minimum atomic E-state index is 0.663. The van der Waals surface area contributed by atoms with Gasteiger partial charge < -0.3 is 0 Å². The van der Waals surface area contributed by atoms with Crippen molar-refractivity contribution in [3.63, 3.8) is 0 Å². The maximum atomic E-state index is 9.93. The van der Waals surface area contributed by atoms with Crippen LogP contribution in [-0.4, -0.2) is 11.8 Å². The highest BCUT2D eigenvalue weighted by molar-refractivity contribution is 7.99. The minimum absolute atomic E-state index is 0.663. The summed E-state index contributed by atoms with van der Waals surface area (Å²) in [5.74, 6) is 1.12. The third-order valence-electron chi connectivity index (χ3n) is 1.48. The summed E-state index contributed by atoms with van der Waals surface area (Å²) in [6.07, 6.45) is 2.68. The van der Waals surface area contributed by atoms with E-state index in [2.05, 4.69) is 11.9 Å². The van der Waals surface area contributed by atoms with Crippen LogP contribution < -0.4 is 0 Å². The lowest BCUT2D eigenvalue weighted by atomic mass is 10.3. The van der Waals surface area contributed by atoms with Crippen molar-refractivity contribution in [1.29, 1.82) is 0 Å². The molecule has 0 aliphatic heterocycles. The van der Waals surface area contributed by atoms with Crippen molar-refractivity contribution < 1.29 is 4.79 Å². The Kier molecular flexibility index (Phi) is 4.30. The molecular weight excluding hydrogens is 182 g/mol. The molecule has 0 N–H and O–H groups in total. The molecule has 13 heavy (non-hydrogen) atoms. The molecular formula is C10H11NOS. The Balaban J connectivity index is 2.63. The second-order valence-corrected chi connectivity index (χ2v) is 3.71. The first kappa shape index (κ1) is 10.0. The van der Waals surface area contributed by atoms with Gasteiger partial charge in [0.1, 0.15) is 0 Å². The van der Waals surface area contributed by atoms with Crippen LogP contribution in [0.15, 0.2) is 34.2 Å². The van der Waals surface area contributed by atoms with Crippen LogP contribution in [0.4, 0.5) is 5.69 Å². The van der Waals surface area contributed by atoms with Gasteiger partial charge in [-0.05, 0) is 36.4 Å². The maximum Gasteiger partial charge on any atom is 0.240 e. The average molecular weight is 193 g/mol. The van der Waals surface area contributed by atoms with E-state index in [4.69, 9.17) is 0 Å². The normalized spacial score (nSPS) is 9.31. The first-order valence-electron chi connectivity index (χ1n) is 4.17. The summed E-state index contributed by atoms with van der Waals surface area (Å²) >= 11 is 1.81. The number of rotatable bonds is 4. The van der Waals surface area contributed by atoms with E-state index in [0.29, 0.717) is 5.69 Å². The summed E-state index contributed by atoms with van der Waals surface area (Å²) in [4.78, 5) is 14.7. The second kappa shape index (κ2) is 5.57. The van der Waals surface area contributed by atoms with Crippen LogP contribution in [0, 0.1) is 0 Å². The van der Waals surface area contributed by atoms with Crippen LogP contribution in [0.3, 0.4) is 0 Å². The zero-order chi connectivity index (χ0) is 9.52. The van der Waals surface area contributed by atoms with Crippen LogP contribution in [0.2, 0.25) is 0 Å². The third kappa shape index (κ3) is 3.45. The van der Waals surface area contributed by atoms with Crippen molar-refractivity contribution in [2.75, 3.05) is 5.75 Å². The summed E-state index contributed by atoms with van der Waals surface area (Å²) in [5.41, 5.74) is 0.663. The zero-order valence-corrected chi connectivity index (χ0v) is 8.30. The Labute approximate surface area is 82.1 Å². The van der Waals surface area contributed by atoms with E-state index in [0.717, 1.165) is 5.75 Å². The molecule has 0 fully saturated rings. The predicted octanol–water partition coefficient (Wildman–Crippen LogP) is 3.16. The number of hydrogen-bond acceptors (Lipinski definition) is 3. The molecule has 0 aromatic heterocycles. The minimum Gasteiger partial charge on any atom is -0.211 e. The van der Waals surface area contributed by atoms with Gasteiger partial charge in [0.2, 0.25) is 6.08 Å². The Hall–Kier alpha value is -1.05. The van der Waals surface area contributed by atoms with Crippen LogP contribution in [0.5, 0.6) is 0 Å². The average Bonchev–Trinajstić information content (AvgIpc) is 2.17. The Morgan fingerprint density at radius 3 is 2.62 bits per heavy atom. The molecule has 0 aliphatic rings. The fourth-order valence-electron chi connectivity index (χ4n) is 0.890. The van der Waals surface area contributed by atoms with Crippen LogP contribution in [0.1, 0.15) is 13.3 Å². The van der Waals surface area contributed by atoms with E-state index in [9.17, 15) is 4.79 Å². The van der Waals surface area contributed by atoms with E-state index >= 15 is 0 Å². The van der Waals surface area contributed by atoms with Gasteiger partial charge in [-0.3, -0.25) is 0 Å². The lowest BCUT2D eigenvalue weighted by molar-refractivity contribution is 0.565. The summed E-state index contributed by atoms with van der Waals surface area (Å²) < 4.78 is 0. The molecule has 0 amide bonds. The number of nitrogens with zero attached hydrogens (tertiary/aromatic N) is 1. The van der Waals surface area contributed by atoms with Crippen LogP contribution in [0.25, 0.3) is 0 Å². The maximum absolute atomic E-state index is 9.93. The van der Waals surface area contributed by atoms with E-state index in [1.165, 1.54) is 17.4 Å². The Morgan fingerprint density at radius 2 is 2.08 bits per heavy atom. The molecule has 0 saturated carbocycles. The quantitative estimate of drug-likeness (QED) is 0.417. The largest absolute Gasteiger partial charge is 0.240 e. The molecule has 3 heteroatoms. The number of carbonyl (C=O) groups excluding carboxylic acids is 1. The monoisotopic (exact) mass is 193 g/mol. The summed E-state index contributed by atoms with van der Waals surface area (Å²) in [6, 6.07) is 7.58. The molecule has 1 aromatic carbocycles. The molecule has 68 valence electrons. The van der Waals surface area contributed by atoms with E-state index in [1.54, 1.807) is 0 Å². The first-order valence-corrected chi connectivity index (χ1v) is 5.16. The van der Waals surface area contributed by atoms with Crippen molar-refractivity contribution in [2.24, 2.45) is 4.99 Å². The van der Waals surface area contributed by atoms with Gasteiger partial charge in [-0.1, -0.05) is 6.92 Å². The molecule has 0 unspecified atom stereocenters. The molecule has 0 spiro atoms. The Bertz CT molecular complexity index is 301. The highest BCUT2D eigenvalue weighted by Crippen LogP contribution is 2.21. The molecule has 2 nitrogen and oxygen atoms in total. The molecule has 0 atom stereocenters. The molecule has 1 aromatic rings.